The summed E-state index contributed by atoms with van der Waals surface area (Å²) in [5.74, 6) is -1.33. The van der Waals surface area contributed by atoms with Crippen LogP contribution in [0, 0.1) is 17.7 Å². The van der Waals surface area contributed by atoms with E-state index in [0.29, 0.717) is 30.2 Å². The van der Waals surface area contributed by atoms with Gasteiger partial charge in [-0.05, 0) is 29.7 Å². The highest BCUT2D eigenvalue weighted by atomic mass is 35.5. The van der Waals surface area contributed by atoms with Gasteiger partial charge in [-0.15, -0.1) is 0 Å². The molecule has 0 spiro atoms. The highest BCUT2D eigenvalue weighted by Gasteiger charge is 2.34. The predicted molar refractivity (Wildman–Crippen MR) is 67.0 cm³/mol. The molecule has 98 valence electrons. The van der Waals surface area contributed by atoms with Crippen LogP contribution in [-0.4, -0.2) is 29.1 Å². The molecule has 1 fully saturated rings. The molecule has 3 nitrogen and oxygen atoms in total. The molecule has 1 aliphatic rings. The third-order valence-electron chi connectivity index (χ3n) is 3.41. The molecule has 1 N–H and O–H groups in total. The van der Waals surface area contributed by atoms with Gasteiger partial charge < -0.3 is 5.11 Å². The zero-order valence-electron chi connectivity index (χ0n) is 10.1. The van der Waals surface area contributed by atoms with Crippen molar-refractivity contribution in [2.45, 2.75) is 13.5 Å². The fourth-order valence-corrected chi connectivity index (χ4v) is 2.60. The van der Waals surface area contributed by atoms with E-state index < -0.39 is 5.97 Å². The average Bonchev–Trinajstić information content (AvgIpc) is 2.65. The topological polar surface area (TPSA) is 40.5 Å². The van der Waals surface area contributed by atoms with Crippen molar-refractivity contribution in [1.29, 1.82) is 0 Å². The molecular weight excluding hydrogens is 257 g/mol. The number of carbonyl (C=O) groups is 1. The summed E-state index contributed by atoms with van der Waals surface area (Å²) in [7, 11) is 0. The Morgan fingerprint density at radius 3 is 2.89 bits per heavy atom. The monoisotopic (exact) mass is 271 g/mol. The van der Waals surface area contributed by atoms with Crippen LogP contribution in [0.4, 0.5) is 4.39 Å². The quantitative estimate of drug-likeness (QED) is 0.919. The Morgan fingerprint density at radius 2 is 2.28 bits per heavy atom. The van der Waals surface area contributed by atoms with Crippen LogP contribution in [0.3, 0.4) is 0 Å². The molecule has 2 rings (SSSR count). The van der Waals surface area contributed by atoms with E-state index >= 15 is 0 Å². The first-order valence-electron chi connectivity index (χ1n) is 5.86. The molecule has 0 aliphatic carbocycles. The van der Waals surface area contributed by atoms with Gasteiger partial charge in [0.15, 0.2) is 0 Å². The number of nitrogens with zero attached hydrogens (tertiary/aromatic N) is 1. The molecule has 1 heterocycles. The third kappa shape index (κ3) is 2.82. The van der Waals surface area contributed by atoms with Crippen LogP contribution in [0.5, 0.6) is 0 Å². The largest absolute Gasteiger partial charge is 0.481 e. The minimum atomic E-state index is -0.768. The smallest absolute Gasteiger partial charge is 0.308 e. The Labute approximate surface area is 110 Å². The second-order valence-electron chi connectivity index (χ2n) is 4.85. The van der Waals surface area contributed by atoms with Gasteiger partial charge in [0.05, 0.1) is 5.92 Å². The van der Waals surface area contributed by atoms with E-state index in [1.807, 2.05) is 11.8 Å². The molecule has 1 aromatic rings. The summed E-state index contributed by atoms with van der Waals surface area (Å²) < 4.78 is 13.1. The highest BCUT2D eigenvalue weighted by molar-refractivity contribution is 6.31. The van der Waals surface area contributed by atoms with Crippen LogP contribution in [-0.2, 0) is 11.3 Å². The molecule has 2 atom stereocenters. The highest BCUT2D eigenvalue weighted by Crippen LogP contribution is 2.26. The SMILES string of the molecule is CC1CN(Cc2cc(F)ccc2Cl)CC1C(=O)O. The summed E-state index contributed by atoms with van der Waals surface area (Å²) in [4.78, 5) is 13.0. The molecule has 1 saturated heterocycles. The average molecular weight is 272 g/mol. The second-order valence-corrected chi connectivity index (χ2v) is 5.26. The molecule has 1 aromatic carbocycles. The Morgan fingerprint density at radius 1 is 1.56 bits per heavy atom. The standard InChI is InChI=1S/C13H15ClFNO2/c1-8-5-16(7-11(8)13(17)18)6-9-4-10(15)2-3-12(9)14/h2-4,8,11H,5-7H2,1H3,(H,17,18). The Kier molecular flexibility index (Phi) is 3.88. The first-order valence-corrected chi connectivity index (χ1v) is 6.24. The minimum Gasteiger partial charge on any atom is -0.481 e. The Balaban J connectivity index is 2.07. The number of carboxylic acids is 1. The van der Waals surface area contributed by atoms with Crippen LogP contribution in [0.2, 0.25) is 5.02 Å². The van der Waals surface area contributed by atoms with Crippen molar-refractivity contribution in [1.82, 2.24) is 4.90 Å². The Bertz CT molecular complexity index is 466. The molecule has 2 unspecified atom stereocenters. The van der Waals surface area contributed by atoms with Crippen molar-refractivity contribution in [3.8, 4) is 0 Å². The lowest BCUT2D eigenvalue weighted by atomic mass is 9.99. The molecule has 1 aliphatic heterocycles. The third-order valence-corrected chi connectivity index (χ3v) is 3.78. The van der Waals surface area contributed by atoms with Crippen LogP contribution < -0.4 is 0 Å². The van der Waals surface area contributed by atoms with Crippen LogP contribution in [0.1, 0.15) is 12.5 Å². The number of carboxylic acid groups (broad SMARTS) is 1. The molecular formula is C13H15ClFNO2. The summed E-state index contributed by atoms with van der Waals surface area (Å²) in [6, 6.07) is 4.25. The van der Waals surface area contributed by atoms with E-state index in [4.69, 9.17) is 16.7 Å². The maximum absolute atomic E-state index is 13.1. The molecule has 0 aromatic heterocycles. The van der Waals surface area contributed by atoms with E-state index in [9.17, 15) is 9.18 Å². The number of likely N-dealkylation sites (tertiary alicyclic amines) is 1. The molecule has 18 heavy (non-hydrogen) atoms. The van der Waals surface area contributed by atoms with Crippen LogP contribution in [0.15, 0.2) is 18.2 Å². The number of benzene rings is 1. The van der Waals surface area contributed by atoms with Crippen molar-refractivity contribution >= 4 is 17.6 Å². The predicted octanol–water partition coefficient (Wildman–Crippen LogP) is 2.63. The number of aliphatic carboxylic acids is 1. The molecule has 0 amide bonds. The van der Waals surface area contributed by atoms with Gasteiger partial charge in [-0.1, -0.05) is 18.5 Å². The lowest BCUT2D eigenvalue weighted by Crippen LogP contribution is -2.23. The lowest BCUT2D eigenvalue weighted by molar-refractivity contribution is -0.142. The number of hydrogen-bond donors (Lipinski definition) is 1. The lowest BCUT2D eigenvalue weighted by Gasteiger charge is -2.16. The minimum absolute atomic E-state index is 0.106. The van der Waals surface area contributed by atoms with Crippen molar-refractivity contribution in [2.75, 3.05) is 13.1 Å². The van der Waals surface area contributed by atoms with Gasteiger partial charge in [0.2, 0.25) is 0 Å². The van der Waals surface area contributed by atoms with E-state index in [1.54, 1.807) is 0 Å². The van der Waals surface area contributed by atoms with E-state index in [2.05, 4.69) is 0 Å². The fourth-order valence-electron chi connectivity index (χ4n) is 2.42. The first kappa shape index (κ1) is 13.3. The van der Waals surface area contributed by atoms with Crippen molar-refractivity contribution in [3.63, 3.8) is 0 Å². The van der Waals surface area contributed by atoms with Gasteiger partial charge in [-0.2, -0.15) is 0 Å². The summed E-state index contributed by atoms with van der Waals surface area (Å²) >= 11 is 6.00. The molecule has 0 bridgehead atoms. The second kappa shape index (κ2) is 5.24. The maximum atomic E-state index is 13.1. The zero-order chi connectivity index (χ0) is 13.3. The first-order chi connectivity index (χ1) is 8.47. The Hall–Kier alpha value is -1.13. The number of hydrogen-bond acceptors (Lipinski definition) is 2. The normalized spacial score (nSPS) is 24.4. The van der Waals surface area contributed by atoms with E-state index in [0.717, 1.165) is 0 Å². The number of halogens is 2. The van der Waals surface area contributed by atoms with E-state index in [1.165, 1.54) is 18.2 Å². The van der Waals surface area contributed by atoms with Crippen molar-refractivity contribution in [3.05, 3.63) is 34.6 Å². The van der Waals surface area contributed by atoms with E-state index in [-0.39, 0.29) is 17.7 Å². The molecule has 0 saturated carbocycles. The van der Waals surface area contributed by atoms with Crippen molar-refractivity contribution < 1.29 is 14.3 Å². The summed E-state index contributed by atoms with van der Waals surface area (Å²) in [5.41, 5.74) is 0.704. The summed E-state index contributed by atoms with van der Waals surface area (Å²) in [5, 5.41) is 9.57. The van der Waals surface area contributed by atoms with Gasteiger partial charge in [-0.3, -0.25) is 9.69 Å². The summed E-state index contributed by atoms with van der Waals surface area (Å²) in [6.45, 7) is 3.60. The summed E-state index contributed by atoms with van der Waals surface area (Å²) in [6.07, 6.45) is 0. The van der Waals surface area contributed by atoms with Gasteiger partial charge in [0.1, 0.15) is 5.82 Å². The van der Waals surface area contributed by atoms with Gasteiger partial charge >= 0.3 is 5.97 Å². The van der Waals surface area contributed by atoms with Gasteiger partial charge in [0.25, 0.3) is 0 Å². The van der Waals surface area contributed by atoms with Crippen LogP contribution >= 0.6 is 11.6 Å². The molecule has 0 radical (unpaired) electrons. The van der Waals surface area contributed by atoms with Crippen molar-refractivity contribution in [2.24, 2.45) is 11.8 Å². The number of rotatable bonds is 3. The van der Waals surface area contributed by atoms with Crippen LogP contribution in [0.25, 0.3) is 0 Å². The molecule has 5 heteroatoms. The fraction of sp³-hybridized carbons (Fsp3) is 0.462. The van der Waals surface area contributed by atoms with Gasteiger partial charge in [0, 0.05) is 24.7 Å². The zero-order valence-corrected chi connectivity index (χ0v) is 10.8. The van der Waals surface area contributed by atoms with Gasteiger partial charge in [-0.25, -0.2) is 4.39 Å². The maximum Gasteiger partial charge on any atom is 0.308 e.